The van der Waals surface area contributed by atoms with Crippen LogP contribution in [0, 0.1) is 0 Å². The molecule has 0 rings (SSSR count). The molecule has 0 aliphatic carbocycles. The quantitative estimate of drug-likeness (QED) is 0.395. The van der Waals surface area contributed by atoms with Crippen molar-refractivity contribution in [3.63, 3.8) is 0 Å². The molecule has 0 saturated carbocycles. The molecule has 0 aromatic heterocycles. The van der Waals surface area contributed by atoms with Gasteiger partial charge in [-0.3, -0.25) is 4.72 Å². The Bertz CT molecular complexity index is 125. The van der Waals surface area contributed by atoms with Crippen LogP contribution in [0.2, 0.25) is 0 Å². The molecule has 0 heterocycles. The first-order valence-electron chi connectivity index (χ1n) is 2.39. The van der Waals surface area contributed by atoms with Gasteiger partial charge in [-0.15, -0.1) is 12.4 Å². The molecule has 0 aromatic rings. The Labute approximate surface area is 70.7 Å². The summed E-state index contributed by atoms with van der Waals surface area (Å²) < 4.78 is 7.46. The summed E-state index contributed by atoms with van der Waals surface area (Å²) in [6, 6.07) is 0. The van der Waals surface area contributed by atoms with E-state index in [0.717, 1.165) is 0 Å². The van der Waals surface area contributed by atoms with Crippen LogP contribution in [0.5, 0.6) is 0 Å². The Hall–Kier alpha value is -0.150. The van der Waals surface area contributed by atoms with Crippen molar-refractivity contribution in [3.8, 4) is 0 Å². The van der Waals surface area contributed by atoms with Crippen molar-refractivity contribution < 1.29 is 9.53 Å². The van der Waals surface area contributed by atoms with Gasteiger partial charge < -0.3 is 4.74 Å². The van der Waals surface area contributed by atoms with Gasteiger partial charge in [-0.05, 0) is 6.26 Å². The van der Waals surface area contributed by atoms with E-state index >= 15 is 0 Å². The highest BCUT2D eigenvalue weighted by atomic mass is 35.5. The van der Waals surface area contributed by atoms with E-state index in [9.17, 15) is 4.79 Å². The van der Waals surface area contributed by atoms with Gasteiger partial charge >= 0.3 is 0 Å². The number of methoxy groups -OCH3 is 1. The maximum atomic E-state index is 9.91. The maximum Gasteiger partial charge on any atom is 0.194 e. The summed E-state index contributed by atoms with van der Waals surface area (Å²) in [7, 11) is 1.45. The lowest BCUT2D eigenvalue weighted by Crippen LogP contribution is -2.09. The number of nitrogens with one attached hydrogen (secondary N) is 1. The van der Waals surface area contributed by atoms with Crippen molar-refractivity contribution >= 4 is 30.3 Å². The Kier molecular flexibility index (Phi) is 11.1. The normalized spacial score (nSPS) is 7.40. The first-order valence-corrected chi connectivity index (χ1v) is 3.61. The lowest BCUT2D eigenvalue weighted by Gasteiger charge is -1.99. The van der Waals surface area contributed by atoms with Gasteiger partial charge in [-0.25, -0.2) is 4.79 Å². The van der Waals surface area contributed by atoms with E-state index in [-0.39, 0.29) is 12.4 Å². The van der Waals surface area contributed by atoms with E-state index in [0.29, 0.717) is 12.3 Å². The SMILES string of the molecule is COC(=C=O)CNSC.Cl. The van der Waals surface area contributed by atoms with Crippen molar-refractivity contribution in [2.75, 3.05) is 19.9 Å². The summed E-state index contributed by atoms with van der Waals surface area (Å²) in [5.41, 5.74) is 0. The fourth-order valence-electron chi connectivity index (χ4n) is 0.288. The fraction of sp³-hybridized carbons (Fsp3) is 0.600. The standard InChI is InChI=1S/C5H9NO2S.ClH/c1-8-5(4-7)3-6-9-2;/h6H,3H2,1-2H3;1H. The molecule has 0 fully saturated rings. The van der Waals surface area contributed by atoms with Gasteiger partial charge in [-0.1, -0.05) is 11.9 Å². The van der Waals surface area contributed by atoms with Crippen molar-refractivity contribution in [1.29, 1.82) is 0 Å². The molecule has 0 aliphatic rings. The highest BCUT2D eigenvalue weighted by Gasteiger charge is 1.92. The van der Waals surface area contributed by atoms with Crippen LogP contribution in [-0.2, 0) is 9.53 Å². The van der Waals surface area contributed by atoms with Crippen LogP contribution in [0.15, 0.2) is 5.76 Å². The highest BCUT2D eigenvalue weighted by Crippen LogP contribution is 1.88. The fourth-order valence-corrected chi connectivity index (χ4v) is 0.563. The number of ether oxygens (including phenoxy) is 1. The maximum absolute atomic E-state index is 9.91. The first kappa shape index (κ1) is 12.5. The van der Waals surface area contributed by atoms with Crippen LogP contribution < -0.4 is 4.72 Å². The van der Waals surface area contributed by atoms with Gasteiger partial charge in [-0.2, -0.15) is 0 Å². The third kappa shape index (κ3) is 5.98. The summed E-state index contributed by atoms with van der Waals surface area (Å²) >= 11 is 1.43. The van der Waals surface area contributed by atoms with Gasteiger partial charge in [0.1, 0.15) is 0 Å². The molecule has 5 heteroatoms. The smallest absolute Gasteiger partial charge is 0.194 e. The molecule has 0 amide bonds. The van der Waals surface area contributed by atoms with Crippen molar-refractivity contribution in [2.45, 2.75) is 0 Å². The van der Waals surface area contributed by atoms with E-state index in [2.05, 4.69) is 9.46 Å². The van der Waals surface area contributed by atoms with Gasteiger partial charge in [0.25, 0.3) is 0 Å². The number of rotatable bonds is 4. The molecule has 0 atom stereocenters. The van der Waals surface area contributed by atoms with Gasteiger partial charge in [0.15, 0.2) is 11.7 Å². The largest absolute Gasteiger partial charge is 0.489 e. The Morgan fingerprint density at radius 2 is 2.40 bits per heavy atom. The predicted molar refractivity (Wildman–Crippen MR) is 45.0 cm³/mol. The summed E-state index contributed by atoms with van der Waals surface area (Å²) in [5, 5.41) is 0. The van der Waals surface area contributed by atoms with Crippen LogP contribution in [0.3, 0.4) is 0 Å². The molecule has 0 spiro atoms. The minimum Gasteiger partial charge on any atom is -0.489 e. The summed E-state index contributed by atoms with van der Waals surface area (Å²) in [4.78, 5) is 9.91. The Morgan fingerprint density at radius 1 is 1.80 bits per heavy atom. The predicted octanol–water partition coefficient (Wildman–Crippen LogP) is 0.638. The van der Waals surface area contributed by atoms with E-state index in [4.69, 9.17) is 0 Å². The summed E-state index contributed by atoms with van der Waals surface area (Å²) in [6.07, 6.45) is 1.87. The first-order chi connectivity index (χ1) is 4.35. The topological polar surface area (TPSA) is 38.3 Å². The molecule has 0 unspecified atom stereocenters. The lowest BCUT2D eigenvalue weighted by atomic mass is 10.6. The molecule has 60 valence electrons. The summed E-state index contributed by atoms with van der Waals surface area (Å²) in [5.74, 6) is 1.95. The third-order valence-electron chi connectivity index (χ3n) is 0.737. The molecule has 10 heavy (non-hydrogen) atoms. The zero-order valence-electron chi connectivity index (χ0n) is 5.84. The molecular weight excluding hydrogens is 174 g/mol. The zero-order chi connectivity index (χ0) is 7.11. The van der Waals surface area contributed by atoms with Crippen LogP contribution in [0.1, 0.15) is 0 Å². The van der Waals surface area contributed by atoms with E-state index in [1.807, 2.05) is 6.26 Å². The molecule has 0 aliphatic heterocycles. The average Bonchev–Trinajstić information content (AvgIpc) is 1.91. The molecular formula is C5H10ClNO2S. The third-order valence-corrected chi connectivity index (χ3v) is 1.17. The van der Waals surface area contributed by atoms with Gasteiger partial charge in [0, 0.05) is 0 Å². The number of carbonyl (C=O) groups excluding carboxylic acids is 1. The minimum atomic E-state index is 0. The minimum absolute atomic E-state index is 0. The molecule has 0 aromatic carbocycles. The Balaban J connectivity index is 0. The Morgan fingerprint density at radius 3 is 2.70 bits per heavy atom. The van der Waals surface area contributed by atoms with Crippen LogP contribution in [0.25, 0.3) is 0 Å². The molecule has 0 saturated heterocycles. The highest BCUT2D eigenvalue weighted by molar-refractivity contribution is 7.96. The van der Waals surface area contributed by atoms with E-state index in [1.54, 1.807) is 5.94 Å². The monoisotopic (exact) mass is 183 g/mol. The summed E-state index contributed by atoms with van der Waals surface area (Å²) in [6.45, 7) is 0.432. The average molecular weight is 184 g/mol. The second kappa shape index (κ2) is 8.85. The second-order valence-corrected chi connectivity index (χ2v) is 1.95. The molecule has 1 N–H and O–H groups in total. The lowest BCUT2D eigenvalue weighted by molar-refractivity contribution is 0.288. The van der Waals surface area contributed by atoms with Crippen LogP contribution in [-0.4, -0.2) is 25.9 Å². The number of hydrogen-bond acceptors (Lipinski definition) is 4. The van der Waals surface area contributed by atoms with Crippen LogP contribution in [0.4, 0.5) is 0 Å². The van der Waals surface area contributed by atoms with Crippen molar-refractivity contribution in [1.82, 2.24) is 4.72 Å². The van der Waals surface area contributed by atoms with E-state index < -0.39 is 0 Å². The van der Waals surface area contributed by atoms with Gasteiger partial charge in [0.2, 0.25) is 0 Å². The second-order valence-electron chi connectivity index (χ2n) is 1.25. The van der Waals surface area contributed by atoms with E-state index in [1.165, 1.54) is 19.1 Å². The van der Waals surface area contributed by atoms with Gasteiger partial charge in [0.05, 0.1) is 13.7 Å². The van der Waals surface area contributed by atoms with Crippen LogP contribution >= 0.6 is 24.4 Å². The number of halogens is 1. The van der Waals surface area contributed by atoms with Crippen molar-refractivity contribution in [3.05, 3.63) is 5.76 Å². The zero-order valence-corrected chi connectivity index (χ0v) is 7.47. The molecule has 0 radical (unpaired) electrons. The molecule has 3 nitrogen and oxygen atoms in total. The molecule has 0 bridgehead atoms. The number of hydrogen-bond donors (Lipinski definition) is 1. The van der Waals surface area contributed by atoms with Crippen molar-refractivity contribution in [2.24, 2.45) is 0 Å².